The van der Waals surface area contributed by atoms with Crippen molar-refractivity contribution in [2.45, 2.75) is 64.5 Å². The molecule has 2 atom stereocenters. The standard InChI is InChI=1S/C13H29NO2/c1-5-6-7-8-9-12(2)16-11-13(3,10-15)14-4/h12,14-15H,5-11H2,1-4H3. The van der Waals surface area contributed by atoms with Crippen LogP contribution in [0.4, 0.5) is 0 Å². The molecule has 0 rings (SSSR count). The van der Waals surface area contributed by atoms with Crippen LogP contribution in [0, 0.1) is 0 Å². The maximum atomic E-state index is 9.20. The molecule has 0 saturated carbocycles. The lowest BCUT2D eigenvalue weighted by atomic mass is 10.1. The summed E-state index contributed by atoms with van der Waals surface area (Å²) in [6, 6.07) is 0. The molecule has 0 aliphatic heterocycles. The monoisotopic (exact) mass is 231 g/mol. The van der Waals surface area contributed by atoms with Crippen LogP contribution in [-0.2, 0) is 4.74 Å². The van der Waals surface area contributed by atoms with Crippen molar-refractivity contribution in [3.63, 3.8) is 0 Å². The van der Waals surface area contributed by atoms with E-state index < -0.39 is 0 Å². The first kappa shape index (κ1) is 15.9. The molecular weight excluding hydrogens is 202 g/mol. The van der Waals surface area contributed by atoms with Crippen molar-refractivity contribution in [1.82, 2.24) is 5.32 Å². The van der Waals surface area contributed by atoms with Gasteiger partial charge in [-0.05, 0) is 27.3 Å². The summed E-state index contributed by atoms with van der Waals surface area (Å²) in [5.41, 5.74) is -0.308. The van der Waals surface area contributed by atoms with Crippen molar-refractivity contribution in [3.05, 3.63) is 0 Å². The van der Waals surface area contributed by atoms with E-state index in [4.69, 9.17) is 4.74 Å². The van der Waals surface area contributed by atoms with E-state index in [2.05, 4.69) is 19.2 Å². The molecule has 2 unspecified atom stereocenters. The third-order valence-electron chi connectivity index (χ3n) is 3.10. The van der Waals surface area contributed by atoms with Crippen LogP contribution in [0.5, 0.6) is 0 Å². The first-order valence-electron chi connectivity index (χ1n) is 6.49. The van der Waals surface area contributed by atoms with Crippen molar-refractivity contribution in [2.75, 3.05) is 20.3 Å². The molecule has 0 heterocycles. The summed E-state index contributed by atoms with van der Waals surface area (Å²) in [4.78, 5) is 0. The quantitative estimate of drug-likeness (QED) is 0.567. The van der Waals surface area contributed by atoms with Gasteiger partial charge in [0.25, 0.3) is 0 Å². The summed E-state index contributed by atoms with van der Waals surface area (Å²) < 4.78 is 5.75. The van der Waals surface area contributed by atoms with E-state index in [1.165, 1.54) is 25.7 Å². The minimum Gasteiger partial charge on any atom is -0.394 e. The van der Waals surface area contributed by atoms with Crippen molar-refractivity contribution < 1.29 is 9.84 Å². The van der Waals surface area contributed by atoms with Crippen LogP contribution in [-0.4, -0.2) is 37.0 Å². The molecule has 0 bridgehead atoms. The van der Waals surface area contributed by atoms with Crippen molar-refractivity contribution in [2.24, 2.45) is 0 Å². The van der Waals surface area contributed by atoms with Gasteiger partial charge in [0.15, 0.2) is 0 Å². The highest BCUT2D eigenvalue weighted by Gasteiger charge is 2.21. The second kappa shape index (κ2) is 8.97. The average Bonchev–Trinajstić information content (AvgIpc) is 2.31. The smallest absolute Gasteiger partial charge is 0.0671 e. The van der Waals surface area contributed by atoms with Gasteiger partial charge in [0, 0.05) is 0 Å². The van der Waals surface area contributed by atoms with Gasteiger partial charge >= 0.3 is 0 Å². The topological polar surface area (TPSA) is 41.5 Å². The van der Waals surface area contributed by atoms with E-state index in [9.17, 15) is 5.11 Å². The van der Waals surface area contributed by atoms with Crippen LogP contribution in [0.15, 0.2) is 0 Å². The number of unbranched alkanes of at least 4 members (excludes halogenated alkanes) is 3. The van der Waals surface area contributed by atoms with E-state index in [0.29, 0.717) is 6.61 Å². The zero-order valence-electron chi connectivity index (χ0n) is 11.4. The van der Waals surface area contributed by atoms with E-state index >= 15 is 0 Å². The average molecular weight is 231 g/mol. The van der Waals surface area contributed by atoms with Crippen LogP contribution in [0.25, 0.3) is 0 Å². The summed E-state index contributed by atoms with van der Waals surface area (Å²) in [5.74, 6) is 0. The zero-order chi connectivity index (χ0) is 12.4. The van der Waals surface area contributed by atoms with Crippen molar-refractivity contribution in [1.29, 1.82) is 0 Å². The summed E-state index contributed by atoms with van der Waals surface area (Å²) in [5, 5.41) is 12.3. The number of hydrogen-bond donors (Lipinski definition) is 2. The Morgan fingerprint density at radius 1 is 1.31 bits per heavy atom. The largest absolute Gasteiger partial charge is 0.394 e. The van der Waals surface area contributed by atoms with E-state index in [1.807, 2.05) is 14.0 Å². The van der Waals surface area contributed by atoms with Crippen molar-refractivity contribution in [3.8, 4) is 0 Å². The summed E-state index contributed by atoms with van der Waals surface area (Å²) in [6.45, 7) is 6.97. The van der Waals surface area contributed by atoms with E-state index in [0.717, 1.165) is 6.42 Å². The first-order chi connectivity index (χ1) is 7.58. The number of aliphatic hydroxyl groups is 1. The Hall–Kier alpha value is -0.120. The Kier molecular flexibility index (Phi) is 8.90. The lowest BCUT2D eigenvalue weighted by Crippen LogP contribution is -2.48. The molecule has 0 saturated heterocycles. The number of aliphatic hydroxyl groups excluding tert-OH is 1. The summed E-state index contributed by atoms with van der Waals surface area (Å²) in [6.07, 6.45) is 6.54. The lowest BCUT2D eigenvalue weighted by Gasteiger charge is -2.28. The predicted octanol–water partition coefficient (Wildman–Crippen LogP) is 2.33. The Morgan fingerprint density at radius 2 is 2.00 bits per heavy atom. The maximum absolute atomic E-state index is 9.20. The normalized spacial score (nSPS) is 17.1. The van der Waals surface area contributed by atoms with Gasteiger partial charge in [-0.15, -0.1) is 0 Å². The van der Waals surface area contributed by atoms with Gasteiger partial charge in [-0.3, -0.25) is 0 Å². The van der Waals surface area contributed by atoms with Crippen LogP contribution in [0.1, 0.15) is 52.9 Å². The molecule has 0 aliphatic rings. The number of ether oxygens (including phenoxy) is 1. The zero-order valence-corrected chi connectivity index (χ0v) is 11.4. The molecule has 0 aromatic carbocycles. The minimum absolute atomic E-state index is 0.103. The van der Waals surface area contributed by atoms with Crippen molar-refractivity contribution >= 4 is 0 Å². The fourth-order valence-corrected chi connectivity index (χ4v) is 1.46. The van der Waals surface area contributed by atoms with Crippen LogP contribution in [0.2, 0.25) is 0 Å². The SMILES string of the molecule is CCCCCCC(C)OCC(C)(CO)NC. The molecule has 0 fully saturated rings. The summed E-state index contributed by atoms with van der Waals surface area (Å²) in [7, 11) is 1.85. The maximum Gasteiger partial charge on any atom is 0.0671 e. The van der Waals surface area contributed by atoms with Crippen LogP contribution in [0.3, 0.4) is 0 Å². The second-order valence-corrected chi connectivity index (χ2v) is 4.94. The molecule has 16 heavy (non-hydrogen) atoms. The molecule has 3 nitrogen and oxygen atoms in total. The van der Waals surface area contributed by atoms with Gasteiger partial charge in [-0.25, -0.2) is 0 Å². The van der Waals surface area contributed by atoms with Gasteiger partial charge < -0.3 is 15.2 Å². The predicted molar refractivity (Wildman–Crippen MR) is 68.7 cm³/mol. The van der Waals surface area contributed by atoms with Gasteiger partial charge in [0.1, 0.15) is 0 Å². The molecule has 0 aromatic heterocycles. The molecule has 0 radical (unpaired) electrons. The molecule has 98 valence electrons. The first-order valence-corrected chi connectivity index (χ1v) is 6.49. The minimum atomic E-state index is -0.308. The Bertz CT molecular complexity index is 158. The molecule has 3 heteroatoms. The van der Waals surface area contributed by atoms with Gasteiger partial charge in [-0.2, -0.15) is 0 Å². The van der Waals surface area contributed by atoms with E-state index in [-0.39, 0.29) is 18.2 Å². The molecular formula is C13H29NO2. The number of rotatable bonds is 10. The van der Waals surface area contributed by atoms with Gasteiger partial charge in [0.05, 0.1) is 24.9 Å². The number of likely N-dealkylation sites (N-methyl/N-ethyl adjacent to an activating group) is 1. The Morgan fingerprint density at radius 3 is 2.50 bits per heavy atom. The molecule has 0 amide bonds. The Balaban J connectivity index is 3.59. The Labute approximate surface area is 101 Å². The number of nitrogens with one attached hydrogen (secondary N) is 1. The van der Waals surface area contributed by atoms with Crippen LogP contribution >= 0.6 is 0 Å². The molecule has 2 N–H and O–H groups in total. The fourth-order valence-electron chi connectivity index (χ4n) is 1.46. The lowest BCUT2D eigenvalue weighted by molar-refractivity contribution is 0.00263. The fraction of sp³-hybridized carbons (Fsp3) is 1.00. The van der Waals surface area contributed by atoms with Gasteiger partial charge in [-0.1, -0.05) is 32.6 Å². The summed E-state index contributed by atoms with van der Waals surface area (Å²) >= 11 is 0. The van der Waals surface area contributed by atoms with E-state index in [1.54, 1.807) is 0 Å². The van der Waals surface area contributed by atoms with Gasteiger partial charge in [0.2, 0.25) is 0 Å². The highest BCUT2D eigenvalue weighted by atomic mass is 16.5. The molecule has 0 spiro atoms. The van der Waals surface area contributed by atoms with Crippen LogP contribution < -0.4 is 5.32 Å². The highest BCUT2D eigenvalue weighted by Crippen LogP contribution is 2.10. The number of hydrogen-bond acceptors (Lipinski definition) is 3. The molecule has 0 aromatic rings. The third kappa shape index (κ3) is 7.20. The third-order valence-corrected chi connectivity index (χ3v) is 3.10. The second-order valence-electron chi connectivity index (χ2n) is 4.94. The highest BCUT2D eigenvalue weighted by molar-refractivity contribution is 4.80. The molecule has 0 aliphatic carbocycles.